The predicted octanol–water partition coefficient (Wildman–Crippen LogP) is 2.89. The maximum absolute atomic E-state index is 13.6. The third kappa shape index (κ3) is 3.76. The number of fused-ring (bicyclic) bond motifs is 2. The molecule has 8 nitrogen and oxygen atoms in total. The van der Waals surface area contributed by atoms with Gasteiger partial charge in [-0.05, 0) is 55.8 Å². The summed E-state index contributed by atoms with van der Waals surface area (Å²) in [6, 6.07) is 9.10. The average Bonchev–Trinajstić information content (AvgIpc) is 3.39. The highest BCUT2D eigenvalue weighted by molar-refractivity contribution is 7.07. The van der Waals surface area contributed by atoms with Gasteiger partial charge in [0.1, 0.15) is 5.75 Å². The summed E-state index contributed by atoms with van der Waals surface area (Å²) in [4.78, 5) is 31.5. The lowest BCUT2D eigenvalue weighted by atomic mass is 9.95. The van der Waals surface area contributed by atoms with E-state index in [0.29, 0.717) is 42.7 Å². The Bertz CT molecular complexity index is 1540. The molecule has 3 heterocycles. The number of nitrogens with zero attached hydrogens (tertiary/aromatic N) is 2. The van der Waals surface area contributed by atoms with Gasteiger partial charge in [0.15, 0.2) is 16.3 Å². The molecule has 0 saturated carbocycles. The van der Waals surface area contributed by atoms with Crippen LogP contribution in [0.25, 0.3) is 6.08 Å². The molecule has 1 aromatic heterocycles. The van der Waals surface area contributed by atoms with Gasteiger partial charge in [-0.2, -0.15) is 0 Å². The minimum absolute atomic E-state index is 0.00838. The first kappa shape index (κ1) is 22.2. The van der Waals surface area contributed by atoms with Crippen molar-refractivity contribution in [3.05, 3.63) is 83.5 Å². The number of benzene rings is 2. The van der Waals surface area contributed by atoms with Crippen molar-refractivity contribution in [1.82, 2.24) is 4.57 Å². The monoisotopic (exact) mass is 498 g/mol. The van der Waals surface area contributed by atoms with Crippen molar-refractivity contribution in [3.63, 3.8) is 0 Å². The van der Waals surface area contributed by atoms with Gasteiger partial charge in [0.05, 0.1) is 28.5 Å². The molecule has 0 fully saturated rings. The van der Waals surface area contributed by atoms with Crippen LogP contribution in [0.4, 0.5) is 0 Å². The number of hydrogen-bond acceptors (Lipinski definition) is 8. The lowest BCUT2D eigenvalue weighted by molar-refractivity contribution is -0.139. The van der Waals surface area contributed by atoms with Crippen LogP contribution in [-0.4, -0.2) is 29.0 Å². The Labute approximate surface area is 202 Å². The summed E-state index contributed by atoms with van der Waals surface area (Å²) in [6.07, 6.45) is 1.56. The molecule has 2 aromatic carbocycles. The number of ether oxygens (including phenoxy) is 3. The molecule has 0 spiro atoms. The summed E-state index contributed by atoms with van der Waals surface area (Å²) in [5.41, 5.74) is 1.42. The number of carbonyl (C=O) groups is 1. The first-order chi connectivity index (χ1) is 16.4. The van der Waals surface area contributed by atoms with Crippen molar-refractivity contribution in [2.24, 2.45) is 4.99 Å². The zero-order valence-electron chi connectivity index (χ0n) is 18.2. The number of halogens is 1. The van der Waals surface area contributed by atoms with Crippen molar-refractivity contribution in [1.29, 1.82) is 0 Å². The topological polar surface area (TPSA) is 99.4 Å². The van der Waals surface area contributed by atoms with E-state index in [4.69, 9.17) is 25.8 Å². The standard InChI is InChI=1S/C24H19ClN2O6S/c1-3-31-23(30)20-12(2)26-24-27(21(20)13-4-7-17-18(9-13)33-11-32-17)22(29)19(34-24)10-14-8-15(25)5-6-16(14)28/h4-10,21,28H,3,11H2,1-2H3/b19-10+/t21-/m1/s1. The van der Waals surface area contributed by atoms with E-state index in [2.05, 4.69) is 4.99 Å². The second kappa shape index (κ2) is 8.66. The van der Waals surface area contributed by atoms with Crippen molar-refractivity contribution >= 4 is 35.0 Å². The molecule has 1 atom stereocenters. The van der Waals surface area contributed by atoms with Gasteiger partial charge < -0.3 is 19.3 Å². The molecule has 0 unspecified atom stereocenters. The van der Waals surface area contributed by atoms with E-state index in [1.807, 2.05) is 0 Å². The molecule has 174 valence electrons. The number of rotatable bonds is 4. The van der Waals surface area contributed by atoms with E-state index in [9.17, 15) is 14.7 Å². The average molecular weight is 499 g/mol. The fraction of sp³-hybridized carbons (Fsp3) is 0.208. The highest BCUT2D eigenvalue weighted by Gasteiger charge is 2.34. The predicted molar refractivity (Wildman–Crippen MR) is 126 cm³/mol. The Morgan fingerprint density at radius 2 is 2.09 bits per heavy atom. The van der Waals surface area contributed by atoms with Crippen LogP contribution >= 0.6 is 22.9 Å². The minimum atomic E-state index is -0.778. The van der Waals surface area contributed by atoms with Crippen LogP contribution < -0.4 is 24.4 Å². The van der Waals surface area contributed by atoms with Crippen LogP contribution in [-0.2, 0) is 9.53 Å². The Hall–Kier alpha value is -3.56. The van der Waals surface area contributed by atoms with E-state index in [1.54, 1.807) is 50.3 Å². The van der Waals surface area contributed by atoms with Gasteiger partial charge in [-0.3, -0.25) is 9.36 Å². The summed E-state index contributed by atoms with van der Waals surface area (Å²) < 4.78 is 18.0. The Morgan fingerprint density at radius 1 is 1.29 bits per heavy atom. The van der Waals surface area contributed by atoms with Crippen LogP contribution in [0.1, 0.15) is 31.0 Å². The Kier molecular flexibility index (Phi) is 5.66. The molecule has 0 aliphatic carbocycles. The zero-order chi connectivity index (χ0) is 24.0. The minimum Gasteiger partial charge on any atom is -0.507 e. The summed E-state index contributed by atoms with van der Waals surface area (Å²) in [6.45, 7) is 3.72. The highest BCUT2D eigenvalue weighted by atomic mass is 35.5. The number of aromatic nitrogens is 1. The van der Waals surface area contributed by atoms with Crippen LogP contribution in [0.3, 0.4) is 0 Å². The van der Waals surface area contributed by atoms with Gasteiger partial charge in [-0.15, -0.1) is 0 Å². The van der Waals surface area contributed by atoms with Gasteiger partial charge in [0, 0.05) is 10.6 Å². The SMILES string of the molecule is CCOC(=O)C1=C(C)N=c2s/c(=C/c3cc(Cl)ccc3O)c(=O)n2[C@@H]1c1ccc2c(c1)OCO2. The largest absolute Gasteiger partial charge is 0.507 e. The molecular formula is C24H19ClN2O6S. The zero-order valence-corrected chi connectivity index (χ0v) is 19.8. The molecule has 0 radical (unpaired) electrons. The van der Waals surface area contributed by atoms with Crippen LogP contribution in [0.5, 0.6) is 17.2 Å². The van der Waals surface area contributed by atoms with Gasteiger partial charge in [0.2, 0.25) is 6.79 Å². The molecule has 0 bridgehead atoms. The lowest BCUT2D eigenvalue weighted by Crippen LogP contribution is -2.39. The fourth-order valence-electron chi connectivity index (χ4n) is 3.97. The van der Waals surface area contributed by atoms with Gasteiger partial charge in [0.25, 0.3) is 5.56 Å². The molecule has 3 aromatic rings. The number of carbonyl (C=O) groups excluding carboxylic acids is 1. The van der Waals surface area contributed by atoms with Crippen molar-refractivity contribution < 1.29 is 24.1 Å². The molecular weight excluding hydrogens is 480 g/mol. The summed E-state index contributed by atoms with van der Waals surface area (Å²) in [5.74, 6) is 0.562. The van der Waals surface area contributed by atoms with E-state index in [-0.39, 0.29) is 30.3 Å². The van der Waals surface area contributed by atoms with E-state index in [0.717, 1.165) is 11.3 Å². The van der Waals surface area contributed by atoms with Crippen LogP contribution in [0.15, 0.2) is 57.5 Å². The number of allylic oxidation sites excluding steroid dienone is 1. The Balaban J connectivity index is 1.74. The third-order valence-electron chi connectivity index (χ3n) is 5.51. The first-order valence-corrected chi connectivity index (χ1v) is 11.6. The normalized spacial score (nSPS) is 16.9. The number of esters is 1. The molecule has 5 rings (SSSR count). The second-order valence-corrected chi connectivity index (χ2v) is 9.06. The maximum Gasteiger partial charge on any atom is 0.338 e. The van der Waals surface area contributed by atoms with Crippen LogP contribution in [0, 0.1) is 0 Å². The summed E-state index contributed by atoms with van der Waals surface area (Å²) in [7, 11) is 0. The molecule has 0 amide bonds. The smallest absolute Gasteiger partial charge is 0.338 e. The lowest BCUT2D eigenvalue weighted by Gasteiger charge is -2.24. The summed E-state index contributed by atoms with van der Waals surface area (Å²) >= 11 is 7.22. The van der Waals surface area contributed by atoms with E-state index < -0.39 is 12.0 Å². The molecule has 10 heteroatoms. The first-order valence-electron chi connectivity index (χ1n) is 10.4. The molecule has 34 heavy (non-hydrogen) atoms. The summed E-state index contributed by atoms with van der Waals surface area (Å²) in [5, 5.41) is 10.6. The number of phenolic OH excluding ortho intramolecular Hbond substituents is 1. The molecule has 0 saturated heterocycles. The molecule has 1 N–H and O–H groups in total. The highest BCUT2D eigenvalue weighted by Crippen LogP contribution is 2.38. The van der Waals surface area contributed by atoms with E-state index in [1.165, 1.54) is 10.6 Å². The number of thiazole rings is 1. The van der Waals surface area contributed by atoms with Crippen molar-refractivity contribution in [2.75, 3.05) is 13.4 Å². The number of phenols is 1. The number of aromatic hydroxyl groups is 1. The third-order valence-corrected chi connectivity index (χ3v) is 6.72. The van der Waals surface area contributed by atoms with Crippen molar-refractivity contribution in [2.45, 2.75) is 19.9 Å². The van der Waals surface area contributed by atoms with Gasteiger partial charge in [-0.1, -0.05) is 29.0 Å². The fourth-order valence-corrected chi connectivity index (χ4v) is 5.19. The maximum atomic E-state index is 13.6. The van der Waals surface area contributed by atoms with Gasteiger partial charge >= 0.3 is 5.97 Å². The Morgan fingerprint density at radius 3 is 2.88 bits per heavy atom. The van der Waals surface area contributed by atoms with Gasteiger partial charge in [-0.25, -0.2) is 9.79 Å². The van der Waals surface area contributed by atoms with Crippen molar-refractivity contribution in [3.8, 4) is 17.2 Å². The van der Waals surface area contributed by atoms with Crippen LogP contribution in [0.2, 0.25) is 5.02 Å². The second-order valence-electron chi connectivity index (χ2n) is 7.62. The van der Waals surface area contributed by atoms with E-state index >= 15 is 0 Å². The number of hydrogen-bond donors (Lipinski definition) is 1. The molecule has 2 aliphatic heterocycles. The molecule has 2 aliphatic rings. The quantitative estimate of drug-likeness (QED) is 0.555.